The molecule has 5 nitrogen and oxygen atoms in total. The SMILES string of the molecule is CC(=O)N[C@@H](CS)C(=O)OCC[N+](C)(C)C. The average molecular weight is 249 g/mol. The third-order valence-corrected chi connectivity index (χ3v) is 2.22. The second-order valence-corrected chi connectivity index (χ2v) is 4.98. The smallest absolute Gasteiger partial charge is 0.329 e. The van der Waals surface area contributed by atoms with Crippen LogP contribution in [0.25, 0.3) is 0 Å². The number of quaternary nitrogens is 1. The molecule has 0 aromatic heterocycles. The first kappa shape index (κ1) is 15.2. The molecule has 0 aliphatic carbocycles. The molecule has 6 heteroatoms. The molecule has 0 fully saturated rings. The zero-order valence-electron chi connectivity index (χ0n) is 10.3. The van der Waals surface area contributed by atoms with Gasteiger partial charge in [-0.2, -0.15) is 12.6 Å². The Morgan fingerprint density at radius 2 is 1.94 bits per heavy atom. The Bertz CT molecular complexity index is 251. The predicted octanol–water partition coefficient (Wildman–Crippen LogP) is -0.330. The maximum atomic E-state index is 11.5. The van der Waals surface area contributed by atoms with E-state index in [4.69, 9.17) is 4.74 Å². The van der Waals surface area contributed by atoms with E-state index in [9.17, 15) is 9.59 Å². The Balaban J connectivity index is 3.98. The minimum atomic E-state index is -0.659. The van der Waals surface area contributed by atoms with Crippen LogP contribution in [-0.2, 0) is 14.3 Å². The van der Waals surface area contributed by atoms with Crippen molar-refractivity contribution in [1.29, 1.82) is 0 Å². The van der Waals surface area contributed by atoms with Crippen molar-refractivity contribution < 1.29 is 18.8 Å². The number of esters is 1. The number of rotatable bonds is 6. The summed E-state index contributed by atoms with van der Waals surface area (Å²) in [6.45, 7) is 2.42. The second kappa shape index (κ2) is 6.75. The van der Waals surface area contributed by atoms with E-state index in [1.54, 1.807) is 0 Å². The molecule has 0 aliphatic rings. The van der Waals surface area contributed by atoms with Crippen molar-refractivity contribution >= 4 is 24.5 Å². The van der Waals surface area contributed by atoms with E-state index in [-0.39, 0.29) is 11.7 Å². The summed E-state index contributed by atoms with van der Waals surface area (Å²) in [5, 5.41) is 2.48. The van der Waals surface area contributed by atoms with Gasteiger partial charge in [0.1, 0.15) is 19.2 Å². The van der Waals surface area contributed by atoms with E-state index in [1.807, 2.05) is 21.1 Å². The Morgan fingerprint density at radius 1 is 1.38 bits per heavy atom. The monoisotopic (exact) mass is 249 g/mol. The first-order valence-electron chi connectivity index (χ1n) is 5.11. The van der Waals surface area contributed by atoms with Crippen molar-refractivity contribution in [3.63, 3.8) is 0 Å². The average Bonchev–Trinajstić information content (AvgIpc) is 2.11. The van der Waals surface area contributed by atoms with Gasteiger partial charge in [-0.1, -0.05) is 0 Å². The van der Waals surface area contributed by atoms with Gasteiger partial charge in [0, 0.05) is 12.7 Å². The van der Waals surface area contributed by atoms with Crippen LogP contribution in [0.2, 0.25) is 0 Å². The number of hydrogen-bond acceptors (Lipinski definition) is 4. The molecular weight excluding hydrogens is 228 g/mol. The molecule has 0 aliphatic heterocycles. The van der Waals surface area contributed by atoms with E-state index >= 15 is 0 Å². The standard InChI is InChI=1S/C10H20N2O3S/c1-8(13)11-9(7-16)10(14)15-6-5-12(2,3)4/h9H,5-7H2,1-4H3,(H-,11,13,16)/p+1/t9-/m0/s1. The van der Waals surface area contributed by atoms with Crippen molar-refractivity contribution in [3.05, 3.63) is 0 Å². The fourth-order valence-corrected chi connectivity index (χ4v) is 1.19. The number of hydrogen-bond donors (Lipinski definition) is 2. The Kier molecular flexibility index (Phi) is 6.43. The first-order chi connectivity index (χ1) is 7.26. The number of likely N-dealkylation sites (N-methyl/N-ethyl adjacent to an activating group) is 1. The molecule has 0 bridgehead atoms. The lowest BCUT2D eigenvalue weighted by Crippen LogP contribution is -2.44. The third-order valence-electron chi connectivity index (χ3n) is 1.85. The molecule has 0 heterocycles. The van der Waals surface area contributed by atoms with Crippen molar-refractivity contribution in [2.45, 2.75) is 13.0 Å². The number of carbonyl (C=O) groups excluding carboxylic acids is 2. The summed E-state index contributed by atoms with van der Waals surface area (Å²) in [5.74, 6) is -0.454. The molecule has 16 heavy (non-hydrogen) atoms. The zero-order chi connectivity index (χ0) is 12.8. The van der Waals surface area contributed by atoms with E-state index in [1.165, 1.54) is 6.92 Å². The number of carbonyl (C=O) groups is 2. The lowest BCUT2D eigenvalue weighted by atomic mass is 10.3. The topological polar surface area (TPSA) is 55.4 Å². The molecule has 0 saturated heterocycles. The van der Waals surface area contributed by atoms with Gasteiger partial charge in [-0.3, -0.25) is 4.79 Å². The van der Waals surface area contributed by atoms with Gasteiger partial charge in [0.25, 0.3) is 0 Å². The number of thiol groups is 1. The van der Waals surface area contributed by atoms with Gasteiger partial charge < -0.3 is 14.5 Å². The number of ether oxygens (including phenoxy) is 1. The van der Waals surface area contributed by atoms with Crippen molar-refractivity contribution in [2.24, 2.45) is 0 Å². The van der Waals surface area contributed by atoms with Gasteiger partial charge in [0.15, 0.2) is 0 Å². The van der Waals surface area contributed by atoms with Crippen LogP contribution in [-0.4, -0.2) is 62.4 Å². The number of nitrogens with zero attached hydrogens (tertiary/aromatic N) is 1. The summed E-state index contributed by atoms with van der Waals surface area (Å²) in [6, 6.07) is -0.659. The Hall–Kier alpha value is -0.750. The summed E-state index contributed by atoms with van der Waals surface area (Å²) in [5.41, 5.74) is 0. The Morgan fingerprint density at radius 3 is 2.31 bits per heavy atom. The summed E-state index contributed by atoms with van der Waals surface area (Å²) in [7, 11) is 6.03. The van der Waals surface area contributed by atoms with Gasteiger partial charge in [-0.05, 0) is 0 Å². The maximum Gasteiger partial charge on any atom is 0.329 e. The normalized spacial score (nSPS) is 13.1. The van der Waals surface area contributed by atoms with Crippen LogP contribution in [0.4, 0.5) is 0 Å². The van der Waals surface area contributed by atoms with Gasteiger partial charge in [-0.25, -0.2) is 4.79 Å². The highest BCUT2D eigenvalue weighted by molar-refractivity contribution is 7.80. The molecule has 0 radical (unpaired) electrons. The van der Waals surface area contributed by atoms with Crippen LogP contribution in [0.5, 0.6) is 0 Å². The van der Waals surface area contributed by atoms with E-state index < -0.39 is 12.0 Å². The van der Waals surface area contributed by atoms with Crippen molar-refractivity contribution in [2.75, 3.05) is 40.0 Å². The highest BCUT2D eigenvalue weighted by atomic mass is 32.1. The fraction of sp³-hybridized carbons (Fsp3) is 0.800. The molecule has 1 amide bonds. The third kappa shape index (κ3) is 7.53. The minimum absolute atomic E-state index is 0.239. The molecule has 0 aromatic rings. The van der Waals surface area contributed by atoms with Crippen LogP contribution in [0.1, 0.15) is 6.92 Å². The van der Waals surface area contributed by atoms with Crippen LogP contribution >= 0.6 is 12.6 Å². The molecule has 1 N–H and O–H groups in total. The fourth-order valence-electron chi connectivity index (χ4n) is 0.945. The van der Waals surface area contributed by atoms with Gasteiger partial charge in [0.2, 0.25) is 5.91 Å². The van der Waals surface area contributed by atoms with E-state index in [0.29, 0.717) is 6.61 Å². The van der Waals surface area contributed by atoms with Crippen LogP contribution in [0, 0.1) is 0 Å². The minimum Gasteiger partial charge on any atom is -0.458 e. The number of amides is 1. The molecular formula is C10H21N2O3S+. The highest BCUT2D eigenvalue weighted by Gasteiger charge is 2.20. The predicted molar refractivity (Wildman–Crippen MR) is 65.3 cm³/mol. The lowest BCUT2D eigenvalue weighted by molar-refractivity contribution is -0.870. The summed E-state index contributed by atoms with van der Waals surface area (Å²) in [4.78, 5) is 22.3. The first-order valence-corrected chi connectivity index (χ1v) is 5.74. The molecule has 0 unspecified atom stereocenters. The summed E-state index contributed by atoms with van der Waals surface area (Å²) >= 11 is 3.99. The molecule has 0 saturated carbocycles. The quantitative estimate of drug-likeness (QED) is 0.385. The van der Waals surface area contributed by atoms with Gasteiger partial charge in [0.05, 0.1) is 21.1 Å². The largest absolute Gasteiger partial charge is 0.458 e. The molecule has 0 spiro atoms. The highest BCUT2D eigenvalue weighted by Crippen LogP contribution is 1.95. The van der Waals surface area contributed by atoms with E-state index in [0.717, 1.165) is 11.0 Å². The van der Waals surface area contributed by atoms with Crippen molar-refractivity contribution in [1.82, 2.24) is 5.32 Å². The van der Waals surface area contributed by atoms with Gasteiger partial charge >= 0.3 is 5.97 Å². The zero-order valence-corrected chi connectivity index (χ0v) is 11.2. The molecule has 94 valence electrons. The molecule has 1 atom stereocenters. The Labute approximate surface area is 102 Å². The lowest BCUT2D eigenvalue weighted by Gasteiger charge is -2.24. The van der Waals surface area contributed by atoms with Gasteiger partial charge in [-0.15, -0.1) is 0 Å². The second-order valence-electron chi connectivity index (χ2n) is 4.62. The van der Waals surface area contributed by atoms with E-state index in [2.05, 4.69) is 17.9 Å². The van der Waals surface area contributed by atoms with Crippen LogP contribution < -0.4 is 5.32 Å². The summed E-state index contributed by atoms with van der Waals surface area (Å²) < 4.78 is 5.77. The van der Waals surface area contributed by atoms with Crippen LogP contribution in [0.15, 0.2) is 0 Å². The summed E-state index contributed by atoms with van der Waals surface area (Å²) in [6.07, 6.45) is 0. The number of nitrogens with one attached hydrogen (secondary N) is 1. The van der Waals surface area contributed by atoms with Crippen LogP contribution in [0.3, 0.4) is 0 Å². The molecule has 0 rings (SSSR count). The maximum absolute atomic E-state index is 11.5. The molecule has 0 aromatic carbocycles. The van der Waals surface area contributed by atoms with Crippen molar-refractivity contribution in [3.8, 4) is 0 Å².